The third-order valence-electron chi connectivity index (χ3n) is 12.8. The molecule has 0 saturated carbocycles. The molecule has 2 aliphatic rings. The summed E-state index contributed by atoms with van der Waals surface area (Å²) in [6.45, 7) is 32.8. The molecule has 2 heteroatoms. The number of likely N-dealkylation sites (tertiary alicyclic amines) is 2. The Morgan fingerprint density at radius 1 is 0.545 bits per heavy atom. The summed E-state index contributed by atoms with van der Waals surface area (Å²) in [7, 11) is 0. The molecule has 2 saturated heterocycles. The van der Waals surface area contributed by atoms with Crippen molar-refractivity contribution in [3.63, 3.8) is 0 Å². The van der Waals surface area contributed by atoms with Crippen LogP contribution >= 0.6 is 0 Å². The molecule has 0 aromatic heterocycles. The molecule has 2 fully saturated rings. The Kier molecular flexibility index (Phi) is 18.5. The van der Waals surface area contributed by atoms with E-state index in [1.165, 1.54) is 161 Å². The highest BCUT2D eigenvalue weighted by atomic mass is 15.1. The fourth-order valence-electron chi connectivity index (χ4n) is 8.70. The molecule has 2 aliphatic heterocycles. The SMILES string of the molecule is CCC(CCCCCCCN1CCC(C(C)(C)CCC(C)(C)CCCCCCCN2CCC(C(C)(C)C)CC2)CC1)C(C)C. The summed E-state index contributed by atoms with van der Waals surface area (Å²) in [5, 5.41) is 0. The lowest BCUT2D eigenvalue weighted by Gasteiger charge is -2.42. The van der Waals surface area contributed by atoms with E-state index in [4.69, 9.17) is 0 Å². The first-order valence-corrected chi connectivity index (χ1v) is 20.2. The van der Waals surface area contributed by atoms with Crippen LogP contribution in [0.4, 0.5) is 0 Å². The third kappa shape index (κ3) is 16.2. The topological polar surface area (TPSA) is 6.48 Å². The summed E-state index contributed by atoms with van der Waals surface area (Å²) in [4.78, 5) is 5.53. The van der Waals surface area contributed by atoms with Gasteiger partial charge < -0.3 is 9.80 Å². The maximum Gasteiger partial charge on any atom is -0.00159 e. The molecule has 0 amide bonds. The first-order chi connectivity index (χ1) is 20.7. The number of hydrogen-bond donors (Lipinski definition) is 0. The molecule has 2 rings (SSSR count). The second kappa shape index (κ2) is 20.3. The molecular weight excluding hydrogens is 532 g/mol. The summed E-state index contributed by atoms with van der Waals surface area (Å²) < 4.78 is 0. The van der Waals surface area contributed by atoms with Gasteiger partial charge in [0.2, 0.25) is 0 Å². The maximum atomic E-state index is 2.79. The van der Waals surface area contributed by atoms with E-state index < -0.39 is 0 Å². The molecule has 1 atom stereocenters. The Labute approximate surface area is 279 Å². The molecule has 44 heavy (non-hydrogen) atoms. The van der Waals surface area contributed by atoms with Gasteiger partial charge in [-0.3, -0.25) is 0 Å². The normalized spacial score (nSPS) is 19.7. The predicted molar refractivity (Wildman–Crippen MR) is 199 cm³/mol. The van der Waals surface area contributed by atoms with E-state index in [9.17, 15) is 0 Å². The Balaban J connectivity index is 1.49. The molecule has 2 nitrogen and oxygen atoms in total. The van der Waals surface area contributed by atoms with Crippen LogP contribution < -0.4 is 0 Å². The highest BCUT2D eigenvalue weighted by Crippen LogP contribution is 2.42. The quantitative estimate of drug-likeness (QED) is 0.112. The Morgan fingerprint density at radius 2 is 1.00 bits per heavy atom. The van der Waals surface area contributed by atoms with Gasteiger partial charge >= 0.3 is 0 Å². The summed E-state index contributed by atoms with van der Waals surface area (Å²) in [5.74, 6) is 3.65. The van der Waals surface area contributed by atoms with Gasteiger partial charge in [0.1, 0.15) is 0 Å². The van der Waals surface area contributed by atoms with Crippen LogP contribution in [0, 0.1) is 39.9 Å². The lowest BCUT2D eigenvalue weighted by atomic mass is 9.68. The van der Waals surface area contributed by atoms with Gasteiger partial charge in [-0.1, -0.05) is 133 Å². The standard InChI is InChI=1S/C42H84N2/c1-11-37(36(2)3)22-18-14-12-16-20-31-44-34-25-39(26-35-44)42(9,10)29-28-41(7,8)27-19-15-13-17-21-30-43-32-23-38(24-33-43)40(4,5)6/h36-39H,11-35H2,1-10H3. The zero-order chi connectivity index (χ0) is 32.6. The number of unbranched alkanes of at least 4 members (excludes halogenated alkanes) is 8. The summed E-state index contributed by atoms with van der Waals surface area (Å²) >= 11 is 0. The lowest BCUT2D eigenvalue weighted by molar-refractivity contribution is 0.0802. The van der Waals surface area contributed by atoms with Crippen LogP contribution in [-0.2, 0) is 0 Å². The summed E-state index contributed by atoms with van der Waals surface area (Å²) in [6.07, 6.45) is 27.1. The minimum absolute atomic E-state index is 0.497. The van der Waals surface area contributed by atoms with Crippen molar-refractivity contribution in [1.29, 1.82) is 0 Å². The molecule has 262 valence electrons. The van der Waals surface area contributed by atoms with Crippen molar-refractivity contribution >= 4 is 0 Å². The van der Waals surface area contributed by atoms with Crippen LogP contribution in [0.5, 0.6) is 0 Å². The average Bonchev–Trinajstić information content (AvgIpc) is 2.97. The minimum Gasteiger partial charge on any atom is -0.303 e. The van der Waals surface area contributed by atoms with Crippen molar-refractivity contribution < 1.29 is 0 Å². The number of rotatable bonds is 22. The van der Waals surface area contributed by atoms with Crippen LogP contribution in [0.25, 0.3) is 0 Å². The summed E-state index contributed by atoms with van der Waals surface area (Å²) in [5.41, 5.74) is 1.50. The van der Waals surface area contributed by atoms with Crippen LogP contribution in [0.3, 0.4) is 0 Å². The third-order valence-corrected chi connectivity index (χ3v) is 12.8. The van der Waals surface area contributed by atoms with Gasteiger partial charge in [-0.15, -0.1) is 0 Å². The van der Waals surface area contributed by atoms with Gasteiger partial charge in [0.25, 0.3) is 0 Å². The zero-order valence-corrected chi connectivity index (χ0v) is 32.4. The van der Waals surface area contributed by atoms with Crippen molar-refractivity contribution in [2.24, 2.45) is 39.9 Å². The second-order valence-corrected chi connectivity index (χ2v) is 18.7. The Bertz CT molecular complexity index is 700. The van der Waals surface area contributed by atoms with E-state index in [-0.39, 0.29) is 0 Å². The van der Waals surface area contributed by atoms with Gasteiger partial charge in [0, 0.05) is 0 Å². The van der Waals surface area contributed by atoms with Gasteiger partial charge in [0.05, 0.1) is 0 Å². The highest BCUT2D eigenvalue weighted by Gasteiger charge is 2.34. The van der Waals surface area contributed by atoms with Crippen LogP contribution in [0.2, 0.25) is 0 Å². The molecule has 0 radical (unpaired) electrons. The molecule has 0 aromatic carbocycles. The Hall–Kier alpha value is -0.0800. The van der Waals surface area contributed by atoms with E-state index in [2.05, 4.69) is 79.0 Å². The van der Waals surface area contributed by atoms with Gasteiger partial charge in [-0.05, 0) is 137 Å². The smallest absolute Gasteiger partial charge is 0.00159 e. The molecular formula is C42H84N2. The predicted octanol–water partition coefficient (Wildman–Crippen LogP) is 12.7. The van der Waals surface area contributed by atoms with Gasteiger partial charge in [0.15, 0.2) is 0 Å². The van der Waals surface area contributed by atoms with Gasteiger partial charge in [-0.25, -0.2) is 0 Å². The van der Waals surface area contributed by atoms with Crippen molar-refractivity contribution in [3.8, 4) is 0 Å². The zero-order valence-electron chi connectivity index (χ0n) is 32.4. The molecule has 0 N–H and O–H groups in total. The summed E-state index contributed by atoms with van der Waals surface area (Å²) in [6, 6.07) is 0. The highest BCUT2D eigenvalue weighted by molar-refractivity contribution is 4.86. The lowest BCUT2D eigenvalue weighted by Crippen LogP contribution is -2.39. The molecule has 0 aliphatic carbocycles. The van der Waals surface area contributed by atoms with Crippen molar-refractivity contribution in [3.05, 3.63) is 0 Å². The Morgan fingerprint density at radius 3 is 1.48 bits per heavy atom. The van der Waals surface area contributed by atoms with Crippen molar-refractivity contribution in [2.75, 3.05) is 39.3 Å². The first kappa shape index (κ1) is 40.1. The maximum absolute atomic E-state index is 2.79. The fourth-order valence-corrected chi connectivity index (χ4v) is 8.70. The monoisotopic (exact) mass is 617 g/mol. The van der Waals surface area contributed by atoms with E-state index in [0.29, 0.717) is 16.2 Å². The largest absolute Gasteiger partial charge is 0.303 e. The first-order valence-electron chi connectivity index (χ1n) is 20.2. The average molecular weight is 617 g/mol. The van der Waals surface area contributed by atoms with Crippen LogP contribution in [-0.4, -0.2) is 49.1 Å². The molecule has 2 heterocycles. The van der Waals surface area contributed by atoms with E-state index in [0.717, 1.165) is 23.7 Å². The van der Waals surface area contributed by atoms with Crippen LogP contribution in [0.15, 0.2) is 0 Å². The molecule has 0 spiro atoms. The van der Waals surface area contributed by atoms with Crippen LogP contribution in [0.1, 0.15) is 191 Å². The fraction of sp³-hybridized carbons (Fsp3) is 1.00. The van der Waals surface area contributed by atoms with E-state index in [1.807, 2.05) is 0 Å². The van der Waals surface area contributed by atoms with Gasteiger partial charge in [-0.2, -0.15) is 0 Å². The molecule has 0 aromatic rings. The second-order valence-electron chi connectivity index (χ2n) is 18.7. The molecule has 0 bridgehead atoms. The number of piperidine rings is 2. The molecule has 1 unspecified atom stereocenters. The minimum atomic E-state index is 0.497. The van der Waals surface area contributed by atoms with E-state index in [1.54, 1.807) is 0 Å². The van der Waals surface area contributed by atoms with E-state index >= 15 is 0 Å². The number of nitrogens with zero attached hydrogens (tertiary/aromatic N) is 2. The van der Waals surface area contributed by atoms with Crippen molar-refractivity contribution in [1.82, 2.24) is 9.80 Å². The number of hydrogen-bond acceptors (Lipinski definition) is 2. The van der Waals surface area contributed by atoms with Crippen molar-refractivity contribution in [2.45, 2.75) is 191 Å².